The Balaban J connectivity index is 1.70. The molecule has 2 atom stereocenters. The van der Waals surface area contributed by atoms with E-state index >= 15 is 0 Å². The SMILES string of the molecule is O=C(c1c(F)cccc1F)N1C[C@@H](CN2CCCCC2)[C@@H](CO)C1. The van der Waals surface area contributed by atoms with Crippen LogP contribution >= 0.6 is 0 Å². The van der Waals surface area contributed by atoms with E-state index in [0.717, 1.165) is 31.8 Å². The van der Waals surface area contributed by atoms with Crippen LogP contribution in [0.4, 0.5) is 8.78 Å². The maximum atomic E-state index is 13.9. The summed E-state index contributed by atoms with van der Waals surface area (Å²) in [5.74, 6) is -2.18. The van der Waals surface area contributed by atoms with Crippen LogP contribution in [-0.4, -0.2) is 60.1 Å². The Morgan fingerprint density at radius 3 is 2.33 bits per heavy atom. The van der Waals surface area contributed by atoms with Gasteiger partial charge in [-0.05, 0) is 44.0 Å². The molecule has 2 aliphatic heterocycles. The van der Waals surface area contributed by atoms with Gasteiger partial charge in [0.2, 0.25) is 0 Å². The van der Waals surface area contributed by atoms with Gasteiger partial charge in [-0.2, -0.15) is 0 Å². The molecule has 132 valence electrons. The number of amides is 1. The van der Waals surface area contributed by atoms with Gasteiger partial charge in [-0.3, -0.25) is 4.79 Å². The highest BCUT2D eigenvalue weighted by Crippen LogP contribution is 2.27. The molecule has 24 heavy (non-hydrogen) atoms. The van der Waals surface area contributed by atoms with Crippen LogP contribution in [0.2, 0.25) is 0 Å². The molecule has 3 rings (SSSR count). The van der Waals surface area contributed by atoms with E-state index in [1.807, 2.05) is 0 Å². The van der Waals surface area contributed by atoms with E-state index in [1.165, 1.54) is 30.2 Å². The lowest BCUT2D eigenvalue weighted by atomic mass is 9.95. The molecule has 1 aromatic carbocycles. The molecular weight excluding hydrogens is 314 g/mol. The normalized spacial score (nSPS) is 25.2. The molecule has 6 heteroatoms. The Morgan fingerprint density at radius 2 is 1.71 bits per heavy atom. The van der Waals surface area contributed by atoms with Crippen molar-refractivity contribution in [1.82, 2.24) is 9.80 Å². The molecule has 0 spiro atoms. The second-order valence-corrected chi connectivity index (χ2v) is 6.87. The molecule has 2 aliphatic rings. The Morgan fingerprint density at radius 1 is 1.08 bits per heavy atom. The van der Waals surface area contributed by atoms with E-state index in [1.54, 1.807) is 0 Å². The van der Waals surface area contributed by atoms with Crippen molar-refractivity contribution in [2.75, 3.05) is 39.3 Å². The number of nitrogens with zero attached hydrogens (tertiary/aromatic N) is 2. The van der Waals surface area contributed by atoms with Crippen LogP contribution in [0.15, 0.2) is 18.2 Å². The molecule has 4 nitrogen and oxygen atoms in total. The largest absolute Gasteiger partial charge is 0.396 e. The van der Waals surface area contributed by atoms with Gasteiger partial charge in [-0.25, -0.2) is 8.78 Å². The van der Waals surface area contributed by atoms with Gasteiger partial charge in [0.25, 0.3) is 5.91 Å². The Hall–Kier alpha value is -1.53. The average molecular weight is 338 g/mol. The van der Waals surface area contributed by atoms with Crippen molar-refractivity contribution in [3.8, 4) is 0 Å². The van der Waals surface area contributed by atoms with E-state index in [-0.39, 0.29) is 18.4 Å². The van der Waals surface area contributed by atoms with Gasteiger partial charge in [0.1, 0.15) is 17.2 Å². The third-order valence-corrected chi connectivity index (χ3v) is 5.22. The number of carbonyl (C=O) groups excluding carboxylic acids is 1. The van der Waals surface area contributed by atoms with Gasteiger partial charge < -0.3 is 14.9 Å². The predicted molar refractivity (Wildman–Crippen MR) is 86.6 cm³/mol. The van der Waals surface area contributed by atoms with E-state index < -0.39 is 23.1 Å². The number of carbonyl (C=O) groups is 1. The highest BCUT2D eigenvalue weighted by atomic mass is 19.1. The third kappa shape index (κ3) is 3.59. The number of hydrogen-bond acceptors (Lipinski definition) is 3. The molecule has 0 bridgehead atoms. The zero-order chi connectivity index (χ0) is 17.1. The molecule has 2 fully saturated rings. The average Bonchev–Trinajstić information content (AvgIpc) is 2.98. The summed E-state index contributed by atoms with van der Waals surface area (Å²) in [7, 11) is 0. The van der Waals surface area contributed by atoms with Gasteiger partial charge in [-0.15, -0.1) is 0 Å². The number of halogens is 2. The van der Waals surface area contributed by atoms with Crippen molar-refractivity contribution in [2.45, 2.75) is 19.3 Å². The molecule has 2 saturated heterocycles. The number of aliphatic hydroxyl groups excluding tert-OH is 1. The minimum Gasteiger partial charge on any atom is -0.396 e. The van der Waals surface area contributed by atoms with Crippen LogP contribution in [0.3, 0.4) is 0 Å². The predicted octanol–water partition coefficient (Wildman–Crippen LogP) is 2.13. The van der Waals surface area contributed by atoms with Gasteiger partial charge >= 0.3 is 0 Å². The van der Waals surface area contributed by atoms with Gasteiger partial charge in [0.15, 0.2) is 0 Å². The molecule has 0 saturated carbocycles. The number of aliphatic hydroxyl groups is 1. The molecule has 1 N–H and O–H groups in total. The van der Waals surface area contributed by atoms with Crippen molar-refractivity contribution in [2.24, 2.45) is 11.8 Å². The van der Waals surface area contributed by atoms with Crippen molar-refractivity contribution < 1.29 is 18.7 Å². The summed E-state index contributed by atoms with van der Waals surface area (Å²) < 4.78 is 27.7. The third-order valence-electron chi connectivity index (χ3n) is 5.22. The standard InChI is InChI=1S/C18H24F2N2O2/c19-15-5-4-6-16(20)17(15)18(24)22-10-13(14(11-22)12-23)9-21-7-2-1-3-8-21/h4-6,13-14,23H,1-3,7-12H2/t13-,14-/m1/s1. The quantitative estimate of drug-likeness (QED) is 0.915. The van der Waals surface area contributed by atoms with Crippen molar-refractivity contribution in [1.29, 1.82) is 0 Å². The zero-order valence-electron chi connectivity index (χ0n) is 13.8. The molecule has 0 radical (unpaired) electrons. The summed E-state index contributed by atoms with van der Waals surface area (Å²) in [6.07, 6.45) is 3.61. The summed E-state index contributed by atoms with van der Waals surface area (Å²) in [4.78, 5) is 16.4. The highest BCUT2D eigenvalue weighted by Gasteiger charge is 2.37. The lowest BCUT2D eigenvalue weighted by Gasteiger charge is -2.30. The number of benzene rings is 1. The van der Waals surface area contributed by atoms with Crippen LogP contribution < -0.4 is 0 Å². The Labute approximate surface area is 141 Å². The minimum absolute atomic E-state index is 0.0119. The molecule has 0 aliphatic carbocycles. The number of rotatable bonds is 4. The molecule has 1 aromatic rings. The summed E-state index contributed by atoms with van der Waals surface area (Å²) in [5.41, 5.74) is -0.493. The van der Waals surface area contributed by atoms with Crippen molar-refractivity contribution in [3.63, 3.8) is 0 Å². The van der Waals surface area contributed by atoms with E-state index in [4.69, 9.17) is 0 Å². The van der Waals surface area contributed by atoms with Crippen LogP contribution in [-0.2, 0) is 0 Å². The van der Waals surface area contributed by atoms with Gasteiger partial charge in [0, 0.05) is 32.2 Å². The summed E-state index contributed by atoms with van der Waals surface area (Å²) >= 11 is 0. The fraction of sp³-hybridized carbons (Fsp3) is 0.611. The molecular formula is C18H24F2N2O2. The lowest BCUT2D eigenvalue weighted by molar-refractivity contribution is 0.0769. The molecule has 2 heterocycles. The summed E-state index contributed by atoms with van der Waals surface area (Å²) in [6, 6.07) is 3.45. The van der Waals surface area contributed by atoms with Gasteiger partial charge in [-0.1, -0.05) is 12.5 Å². The van der Waals surface area contributed by atoms with Crippen LogP contribution in [0.1, 0.15) is 29.6 Å². The smallest absolute Gasteiger partial charge is 0.259 e. The topological polar surface area (TPSA) is 43.8 Å². The first kappa shape index (κ1) is 17.3. The Bertz CT molecular complexity index is 570. The number of piperidine rings is 1. The summed E-state index contributed by atoms with van der Waals surface area (Å²) in [6.45, 7) is 3.70. The first-order valence-corrected chi connectivity index (χ1v) is 8.66. The first-order valence-electron chi connectivity index (χ1n) is 8.66. The fourth-order valence-corrected chi connectivity index (χ4v) is 3.85. The molecule has 0 unspecified atom stereocenters. The number of hydrogen-bond donors (Lipinski definition) is 1. The highest BCUT2D eigenvalue weighted by molar-refractivity contribution is 5.95. The maximum absolute atomic E-state index is 13.9. The second-order valence-electron chi connectivity index (χ2n) is 6.87. The van der Waals surface area contributed by atoms with Crippen LogP contribution in [0.5, 0.6) is 0 Å². The molecule has 1 amide bonds. The fourth-order valence-electron chi connectivity index (χ4n) is 3.85. The van der Waals surface area contributed by atoms with E-state index in [2.05, 4.69) is 4.90 Å². The summed E-state index contributed by atoms with van der Waals surface area (Å²) in [5, 5.41) is 9.64. The zero-order valence-corrected chi connectivity index (χ0v) is 13.8. The van der Waals surface area contributed by atoms with Crippen molar-refractivity contribution in [3.05, 3.63) is 35.4 Å². The molecule has 0 aromatic heterocycles. The lowest BCUT2D eigenvalue weighted by Crippen LogP contribution is -2.37. The first-order chi connectivity index (χ1) is 11.6. The van der Waals surface area contributed by atoms with E-state index in [9.17, 15) is 18.7 Å². The van der Waals surface area contributed by atoms with Crippen LogP contribution in [0.25, 0.3) is 0 Å². The van der Waals surface area contributed by atoms with Crippen molar-refractivity contribution >= 4 is 5.91 Å². The Kier molecular flexibility index (Phi) is 5.46. The minimum atomic E-state index is -0.833. The van der Waals surface area contributed by atoms with Crippen LogP contribution in [0, 0.1) is 23.5 Å². The van der Waals surface area contributed by atoms with Gasteiger partial charge in [0.05, 0.1) is 0 Å². The monoisotopic (exact) mass is 338 g/mol. The number of likely N-dealkylation sites (tertiary alicyclic amines) is 2. The van der Waals surface area contributed by atoms with E-state index in [0.29, 0.717) is 13.1 Å². The second kappa shape index (κ2) is 7.57. The maximum Gasteiger partial charge on any atom is 0.259 e.